The van der Waals surface area contributed by atoms with Crippen molar-refractivity contribution in [2.75, 3.05) is 0 Å². The van der Waals surface area contributed by atoms with E-state index in [1.54, 1.807) is 11.3 Å². The topological polar surface area (TPSA) is 20.2 Å². The zero-order chi connectivity index (χ0) is 10.7. The number of aliphatic hydroxyl groups is 1. The number of aryl methyl sites for hydroxylation is 1. The minimum Gasteiger partial charge on any atom is -0.393 e. The minimum atomic E-state index is -0.0811. The molecule has 1 aliphatic rings. The van der Waals surface area contributed by atoms with Crippen LogP contribution in [-0.2, 0) is 6.42 Å². The molecule has 1 aliphatic carbocycles. The van der Waals surface area contributed by atoms with E-state index < -0.39 is 0 Å². The van der Waals surface area contributed by atoms with Crippen molar-refractivity contribution in [2.24, 2.45) is 11.8 Å². The summed E-state index contributed by atoms with van der Waals surface area (Å²) < 4.78 is 0. The number of hydrogen-bond acceptors (Lipinski definition) is 2. The SMILES string of the molecule is CC1CCCC1C(O)CCc1ccsc1. The number of thiophene rings is 1. The molecule has 1 fully saturated rings. The Bertz CT molecular complexity index is 281. The van der Waals surface area contributed by atoms with E-state index in [1.165, 1.54) is 24.8 Å². The summed E-state index contributed by atoms with van der Waals surface area (Å²) in [6, 6.07) is 2.16. The Morgan fingerprint density at radius 1 is 1.53 bits per heavy atom. The van der Waals surface area contributed by atoms with Crippen molar-refractivity contribution < 1.29 is 5.11 Å². The highest BCUT2D eigenvalue weighted by Gasteiger charge is 2.29. The van der Waals surface area contributed by atoms with Crippen molar-refractivity contribution in [2.45, 2.75) is 45.1 Å². The van der Waals surface area contributed by atoms with Crippen LogP contribution in [0.2, 0.25) is 0 Å². The van der Waals surface area contributed by atoms with Gasteiger partial charge in [0.05, 0.1) is 6.10 Å². The molecule has 84 valence electrons. The van der Waals surface area contributed by atoms with Crippen molar-refractivity contribution in [3.8, 4) is 0 Å². The molecule has 1 saturated carbocycles. The molecule has 1 aromatic rings. The van der Waals surface area contributed by atoms with Crippen LogP contribution in [0.3, 0.4) is 0 Å². The Hall–Kier alpha value is -0.340. The van der Waals surface area contributed by atoms with Crippen molar-refractivity contribution in [1.29, 1.82) is 0 Å². The van der Waals surface area contributed by atoms with Gasteiger partial charge in [-0.1, -0.05) is 19.8 Å². The van der Waals surface area contributed by atoms with Gasteiger partial charge in [-0.25, -0.2) is 0 Å². The van der Waals surface area contributed by atoms with Crippen LogP contribution in [0.4, 0.5) is 0 Å². The van der Waals surface area contributed by atoms with Gasteiger partial charge in [0.15, 0.2) is 0 Å². The second-order valence-corrected chi connectivity index (χ2v) is 5.59. The standard InChI is InChI=1S/C13H20OS/c1-10-3-2-4-12(10)13(14)6-5-11-7-8-15-9-11/h7-10,12-14H,2-6H2,1H3. The molecule has 0 bridgehead atoms. The number of hydrogen-bond donors (Lipinski definition) is 1. The van der Waals surface area contributed by atoms with Gasteiger partial charge in [0.25, 0.3) is 0 Å². The second kappa shape index (κ2) is 5.13. The highest BCUT2D eigenvalue weighted by molar-refractivity contribution is 7.07. The molecule has 0 spiro atoms. The fourth-order valence-electron chi connectivity index (χ4n) is 2.71. The van der Waals surface area contributed by atoms with Crippen LogP contribution in [-0.4, -0.2) is 11.2 Å². The Morgan fingerprint density at radius 2 is 2.40 bits per heavy atom. The summed E-state index contributed by atoms with van der Waals surface area (Å²) in [6.45, 7) is 2.28. The third kappa shape index (κ3) is 2.82. The molecule has 15 heavy (non-hydrogen) atoms. The van der Waals surface area contributed by atoms with Gasteiger partial charge in [-0.3, -0.25) is 0 Å². The summed E-state index contributed by atoms with van der Waals surface area (Å²) in [5, 5.41) is 14.4. The average Bonchev–Trinajstić information content (AvgIpc) is 2.84. The molecule has 0 radical (unpaired) electrons. The zero-order valence-electron chi connectivity index (χ0n) is 9.36. The molecule has 3 atom stereocenters. The van der Waals surface area contributed by atoms with Gasteiger partial charge in [0.2, 0.25) is 0 Å². The fraction of sp³-hybridized carbons (Fsp3) is 0.692. The maximum absolute atomic E-state index is 10.1. The normalized spacial score (nSPS) is 28.1. The van der Waals surface area contributed by atoms with Crippen molar-refractivity contribution in [1.82, 2.24) is 0 Å². The van der Waals surface area contributed by atoms with Crippen LogP contribution in [0.1, 0.15) is 38.2 Å². The van der Waals surface area contributed by atoms with Crippen LogP contribution in [0.25, 0.3) is 0 Å². The molecule has 3 unspecified atom stereocenters. The van der Waals surface area contributed by atoms with Gasteiger partial charge >= 0.3 is 0 Å². The van der Waals surface area contributed by atoms with Gasteiger partial charge in [-0.15, -0.1) is 0 Å². The average molecular weight is 224 g/mol. The fourth-order valence-corrected chi connectivity index (χ4v) is 3.41. The largest absolute Gasteiger partial charge is 0.393 e. The van der Waals surface area contributed by atoms with E-state index in [9.17, 15) is 5.11 Å². The van der Waals surface area contributed by atoms with Crippen LogP contribution >= 0.6 is 11.3 Å². The molecular weight excluding hydrogens is 204 g/mol. The van der Waals surface area contributed by atoms with Gasteiger partial charge in [-0.2, -0.15) is 11.3 Å². The highest BCUT2D eigenvalue weighted by atomic mass is 32.1. The summed E-state index contributed by atoms with van der Waals surface area (Å²) in [5.41, 5.74) is 1.38. The molecule has 1 aromatic heterocycles. The second-order valence-electron chi connectivity index (χ2n) is 4.81. The van der Waals surface area contributed by atoms with E-state index in [1.807, 2.05) is 0 Å². The van der Waals surface area contributed by atoms with Gasteiger partial charge in [0.1, 0.15) is 0 Å². The van der Waals surface area contributed by atoms with E-state index in [-0.39, 0.29) is 6.10 Å². The third-order valence-corrected chi connectivity index (χ3v) is 4.46. The monoisotopic (exact) mass is 224 g/mol. The quantitative estimate of drug-likeness (QED) is 0.830. The number of aliphatic hydroxyl groups excluding tert-OH is 1. The van der Waals surface area contributed by atoms with Gasteiger partial charge in [-0.05, 0) is 53.5 Å². The lowest BCUT2D eigenvalue weighted by Crippen LogP contribution is -2.23. The molecule has 0 aliphatic heterocycles. The predicted molar refractivity (Wildman–Crippen MR) is 65.2 cm³/mol. The molecule has 2 heteroatoms. The van der Waals surface area contributed by atoms with Crippen LogP contribution < -0.4 is 0 Å². The summed E-state index contributed by atoms with van der Waals surface area (Å²) in [6.07, 6.45) is 5.73. The van der Waals surface area contributed by atoms with Crippen molar-refractivity contribution in [3.05, 3.63) is 22.4 Å². The van der Waals surface area contributed by atoms with E-state index in [2.05, 4.69) is 23.8 Å². The molecule has 1 heterocycles. The minimum absolute atomic E-state index is 0.0811. The summed E-state index contributed by atoms with van der Waals surface area (Å²) >= 11 is 1.74. The molecule has 0 saturated heterocycles. The molecule has 0 aromatic carbocycles. The van der Waals surface area contributed by atoms with Gasteiger partial charge < -0.3 is 5.11 Å². The molecule has 0 amide bonds. The van der Waals surface area contributed by atoms with Crippen molar-refractivity contribution in [3.63, 3.8) is 0 Å². The van der Waals surface area contributed by atoms with Crippen LogP contribution in [0, 0.1) is 11.8 Å². The number of rotatable bonds is 4. The lowest BCUT2D eigenvalue weighted by atomic mass is 9.89. The zero-order valence-corrected chi connectivity index (χ0v) is 10.2. The third-order valence-electron chi connectivity index (χ3n) is 3.73. The summed E-state index contributed by atoms with van der Waals surface area (Å²) in [5.74, 6) is 1.28. The Kier molecular flexibility index (Phi) is 3.81. The smallest absolute Gasteiger partial charge is 0.0574 e. The van der Waals surface area contributed by atoms with E-state index >= 15 is 0 Å². The summed E-state index contributed by atoms with van der Waals surface area (Å²) in [7, 11) is 0. The Labute approximate surface area is 96.1 Å². The van der Waals surface area contributed by atoms with Crippen LogP contribution in [0.5, 0.6) is 0 Å². The molecule has 1 N–H and O–H groups in total. The van der Waals surface area contributed by atoms with E-state index in [0.717, 1.165) is 18.8 Å². The van der Waals surface area contributed by atoms with Gasteiger partial charge in [0, 0.05) is 0 Å². The summed E-state index contributed by atoms with van der Waals surface area (Å²) in [4.78, 5) is 0. The maximum Gasteiger partial charge on any atom is 0.0574 e. The molecule has 1 nitrogen and oxygen atoms in total. The van der Waals surface area contributed by atoms with Crippen LogP contribution in [0.15, 0.2) is 16.8 Å². The molecular formula is C13H20OS. The highest BCUT2D eigenvalue weighted by Crippen LogP contribution is 2.34. The predicted octanol–water partition coefficient (Wildman–Crippen LogP) is 3.48. The van der Waals surface area contributed by atoms with E-state index in [0.29, 0.717) is 5.92 Å². The van der Waals surface area contributed by atoms with Crippen molar-refractivity contribution >= 4 is 11.3 Å². The Balaban J connectivity index is 1.79. The van der Waals surface area contributed by atoms with E-state index in [4.69, 9.17) is 0 Å². The first kappa shape index (κ1) is 11.2. The Morgan fingerprint density at radius 3 is 3.00 bits per heavy atom. The first-order valence-electron chi connectivity index (χ1n) is 5.96. The molecule has 2 rings (SSSR count). The maximum atomic E-state index is 10.1. The first-order chi connectivity index (χ1) is 7.27. The first-order valence-corrected chi connectivity index (χ1v) is 6.91. The lowest BCUT2D eigenvalue weighted by molar-refractivity contribution is 0.0822. The lowest BCUT2D eigenvalue weighted by Gasteiger charge is -2.21.